The van der Waals surface area contributed by atoms with Crippen LogP contribution in [0.3, 0.4) is 0 Å². The Morgan fingerprint density at radius 3 is 2.67 bits per heavy atom. The van der Waals surface area contributed by atoms with Crippen molar-refractivity contribution in [2.45, 2.75) is 6.42 Å². The molecule has 0 rings (SSSR count). The van der Waals surface area contributed by atoms with E-state index in [0.29, 0.717) is 6.54 Å². The fourth-order valence-electron chi connectivity index (χ4n) is 0.499. The lowest BCUT2D eigenvalue weighted by molar-refractivity contribution is 0.939. The number of aliphatic imine (C=N–C) groups is 1. The van der Waals surface area contributed by atoms with E-state index in [2.05, 4.69) is 18.3 Å². The Kier molecular flexibility index (Phi) is 4.73. The fourth-order valence-corrected chi connectivity index (χ4v) is 0.499. The number of nitrogens with zero attached hydrogens (tertiary/aromatic N) is 1. The molecule has 0 fully saturated rings. The van der Waals surface area contributed by atoms with E-state index in [1.807, 2.05) is 0 Å². The van der Waals surface area contributed by atoms with Crippen molar-refractivity contribution < 1.29 is 0 Å². The molecule has 2 nitrogen and oxygen atoms in total. The second kappa shape index (κ2) is 5.25. The van der Waals surface area contributed by atoms with Gasteiger partial charge in [0.2, 0.25) is 0 Å². The minimum absolute atomic E-state index is 0.610. The van der Waals surface area contributed by atoms with Crippen LogP contribution in [0.5, 0.6) is 0 Å². The Labute approximate surface area is 55.8 Å². The first-order chi connectivity index (χ1) is 4.35. The van der Waals surface area contributed by atoms with Gasteiger partial charge in [-0.1, -0.05) is 12.7 Å². The van der Waals surface area contributed by atoms with Crippen LogP contribution in [-0.2, 0) is 0 Å². The molecular weight excluding hydrogens is 112 g/mol. The van der Waals surface area contributed by atoms with E-state index in [-0.39, 0.29) is 0 Å². The largest absolute Gasteiger partial charge is 0.330 e. The molecule has 0 aliphatic carbocycles. The summed E-state index contributed by atoms with van der Waals surface area (Å²) >= 11 is 0. The van der Waals surface area contributed by atoms with E-state index in [1.54, 1.807) is 12.2 Å². The topological polar surface area (TPSA) is 38.4 Å². The zero-order chi connectivity index (χ0) is 7.11. The molecular formula is C7H12N2. The van der Waals surface area contributed by atoms with Crippen LogP contribution in [0, 0.1) is 0 Å². The third-order valence-corrected chi connectivity index (χ3v) is 0.914. The van der Waals surface area contributed by atoms with Crippen LogP contribution < -0.4 is 5.73 Å². The Hall–Kier alpha value is -0.890. The standard InChI is InChI=1S/C7H12N2/c1-3-4-7(9-2)5-6-8/h3-4H,1-2,5-6,8H2/b7-4-. The predicted octanol–water partition coefficient (Wildman–Crippen LogP) is 1.11. The third-order valence-electron chi connectivity index (χ3n) is 0.914. The minimum Gasteiger partial charge on any atom is -0.330 e. The zero-order valence-corrected chi connectivity index (χ0v) is 5.51. The highest BCUT2D eigenvalue weighted by Gasteiger charge is 1.86. The Morgan fingerprint density at radius 2 is 2.33 bits per heavy atom. The first-order valence-electron chi connectivity index (χ1n) is 2.83. The molecule has 2 heteroatoms. The van der Waals surface area contributed by atoms with Crippen LogP contribution in [0.2, 0.25) is 0 Å². The first-order valence-corrected chi connectivity index (χ1v) is 2.83. The van der Waals surface area contributed by atoms with Crippen molar-refractivity contribution in [2.24, 2.45) is 10.7 Å². The van der Waals surface area contributed by atoms with Crippen LogP contribution >= 0.6 is 0 Å². The average Bonchev–Trinajstić information content (AvgIpc) is 1.88. The Balaban J connectivity index is 3.80. The lowest BCUT2D eigenvalue weighted by Crippen LogP contribution is -1.98. The molecule has 0 radical (unpaired) electrons. The van der Waals surface area contributed by atoms with Crippen LogP contribution in [0.15, 0.2) is 29.4 Å². The van der Waals surface area contributed by atoms with E-state index >= 15 is 0 Å². The van der Waals surface area contributed by atoms with Gasteiger partial charge in [0.15, 0.2) is 0 Å². The van der Waals surface area contributed by atoms with Gasteiger partial charge in [0.05, 0.1) is 0 Å². The van der Waals surface area contributed by atoms with Crippen LogP contribution in [-0.4, -0.2) is 13.3 Å². The Bertz CT molecular complexity index is 125. The highest BCUT2D eigenvalue weighted by molar-refractivity contribution is 5.29. The highest BCUT2D eigenvalue weighted by atomic mass is 14.7. The maximum Gasteiger partial charge on any atom is 0.0408 e. The molecule has 0 heterocycles. The molecule has 0 saturated heterocycles. The molecule has 2 N–H and O–H groups in total. The molecule has 0 bridgehead atoms. The molecule has 50 valence electrons. The molecule has 0 saturated carbocycles. The number of allylic oxidation sites excluding steroid dienone is 2. The van der Waals surface area contributed by atoms with Gasteiger partial charge < -0.3 is 5.73 Å². The second-order valence-electron chi connectivity index (χ2n) is 1.59. The highest BCUT2D eigenvalue weighted by Crippen LogP contribution is 1.99. The fraction of sp³-hybridized carbons (Fsp3) is 0.286. The molecule has 0 amide bonds. The average molecular weight is 124 g/mol. The van der Waals surface area contributed by atoms with Crippen molar-refractivity contribution in [1.29, 1.82) is 0 Å². The summed E-state index contributed by atoms with van der Waals surface area (Å²) in [7, 11) is 0. The van der Waals surface area contributed by atoms with E-state index < -0.39 is 0 Å². The summed E-state index contributed by atoms with van der Waals surface area (Å²) in [6.45, 7) is 7.51. The maximum atomic E-state index is 5.27. The maximum absolute atomic E-state index is 5.27. The van der Waals surface area contributed by atoms with Gasteiger partial charge in [-0.15, -0.1) is 0 Å². The summed E-state index contributed by atoms with van der Waals surface area (Å²) in [6.07, 6.45) is 4.26. The quantitative estimate of drug-likeness (QED) is 0.442. The van der Waals surface area contributed by atoms with E-state index in [0.717, 1.165) is 12.1 Å². The van der Waals surface area contributed by atoms with Crippen molar-refractivity contribution in [1.82, 2.24) is 0 Å². The van der Waals surface area contributed by atoms with E-state index in [4.69, 9.17) is 5.73 Å². The van der Waals surface area contributed by atoms with Crippen molar-refractivity contribution in [3.63, 3.8) is 0 Å². The second-order valence-corrected chi connectivity index (χ2v) is 1.59. The zero-order valence-electron chi connectivity index (χ0n) is 5.51. The number of hydrogen-bond donors (Lipinski definition) is 1. The third kappa shape index (κ3) is 3.67. The SMILES string of the molecule is C=C/C=C(/CCN)N=C. The number of hydrogen-bond acceptors (Lipinski definition) is 2. The summed E-state index contributed by atoms with van der Waals surface area (Å²) in [5.74, 6) is 0. The van der Waals surface area contributed by atoms with Gasteiger partial charge in [0.25, 0.3) is 0 Å². The number of rotatable bonds is 4. The summed E-state index contributed by atoms with van der Waals surface area (Å²) in [5, 5.41) is 0. The molecule has 0 aromatic rings. The van der Waals surface area contributed by atoms with E-state index in [9.17, 15) is 0 Å². The van der Waals surface area contributed by atoms with Gasteiger partial charge in [-0.2, -0.15) is 0 Å². The Morgan fingerprint density at radius 1 is 1.67 bits per heavy atom. The van der Waals surface area contributed by atoms with Crippen LogP contribution in [0.4, 0.5) is 0 Å². The molecule has 0 aromatic heterocycles. The van der Waals surface area contributed by atoms with Gasteiger partial charge in [0.1, 0.15) is 0 Å². The molecule has 9 heavy (non-hydrogen) atoms. The van der Waals surface area contributed by atoms with Crippen LogP contribution in [0.25, 0.3) is 0 Å². The van der Waals surface area contributed by atoms with Gasteiger partial charge in [-0.05, 0) is 19.3 Å². The summed E-state index contributed by atoms with van der Waals surface area (Å²) in [5.41, 5.74) is 6.17. The van der Waals surface area contributed by atoms with Gasteiger partial charge in [0, 0.05) is 12.1 Å². The lowest BCUT2D eigenvalue weighted by atomic mass is 10.3. The number of nitrogens with two attached hydrogens (primary N) is 1. The predicted molar refractivity (Wildman–Crippen MR) is 41.5 cm³/mol. The lowest BCUT2D eigenvalue weighted by Gasteiger charge is -1.93. The molecule has 0 unspecified atom stereocenters. The monoisotopic (exact) mass is 124 g/mol. The smallest absolute Gasteiger partial charge is 0.0408 e. The minimum atomic E-state index is 0.610. The van der Waals surface area contributed by atoms with Crippen LogP contribution in [0.1, 0.15) is 6.42 Å². The van der Waals surface area contributed by atoms with E-state index in [1.165, 1.54) is 0 Å². The van der Waals surface area contributed by atoms with Gasteiger partial charge in [-0.25, -0.2) is 0 Å². The molecule has 0 spiro atoms. The summed E-state index contributed by atoms with van der Waals surface area (Å²) in [4.78, 5) is 3.73. The van der Waals surface area contributed by atoms with Crippen molar-refractivity contribution in [2.75, 3.05) is 6.54 Å². The van der Waals surface area contributed by atoms with Crippen molar-refractivity contribution >= 4 is 6.72 Å². The summed E-state index contributed by atoms with van der Waals surface area (Å²) in [6, 6.07) is 0. The van der Waals surface area contributed by atoms with Crippen molar-refractivity contribution in [3.8, 4) is 0 Å². The van der Waals surface area contributed by atoms with Gasteiger partial charge in [-0.3, -0.25) is 4.99 Å². The van der Waals surface area contributed by atoms with Crippen molar-refractivity contribution in [3.05, 3.63) is 24.4 Å². The summed E-state index contributed by atoms with van der Waals surface area (Å²) < 4.78 is 0. The normalized spacial score (nSPS) is 11.0. The molecule has 0 aliphatic heterocycles. The van der Waals surface area contributed by atoms with Gasteiger partial charge >= 0.3 is 0 Å². The first kappa shape index (κ1) is 8.11. The molecule has 0 aliphatic rings. The molecule has 0 aromatic carbocycles. The molecule has 0 atom stereocenters.